The molecule has 0 aromatic rings. The second kappa shape index (κ2) is 17.8. The van der Waals surface area contributed by atoms with E-state index in [0.29, 0.717) is 25.8 Å². The van der Waals surface area contributed by atoms with E-state index >= 15 is 0 Å². The quantitative estimate of drug-likeness (QED) is 0.388. The topological polar surface area (TPSA) is 148 Å². The highest BCUT2D eigenvalue weighted by molar-refractivity contribution is 6.37. The van der Waals surface area contributed by atoms with Gasteiger partial charge >= 0.3 is 6.09 Å². The third-order valence-electron chi connectivity index (χ3n) is 6.83. The summed E-state index contributed by atoms with van der Waals surface area (Å²) >= 11 is 0. The van der Waals surface area contributed by atoms with Gasteiger partial charge in [0.25, 0.3) is 5.91 Å². The molecule has 2 aliphatic carbocycles. The van der Waals surface area contributed by atoms with Gasteiger partial charge in [-0.25, -0.2) is 4.79 Å². The molecule has 0 aromatic heterocycles. The first-order valence-corrected chi connectivity index (χ1v) is 14.8. The van der Waals surface area contributed by atoms with Crippen molar-refractivity contribution in [1.29, 1.82) is 0 Å². The predicted molar refractivity (Wildman–Crippen MR) is 151 cm³/mol. The molecular formula is C29H52N4O6. The Hall–Kier alpha value is -2.65. The maximum atomic E-state index is 12.8. The molecule has 39 heavy (non-hydrogen) atoms. The van der Waals surface area contributed by atoms with E-state index in [0.717, 1.165) is 19.3 Å². The van der Waals surface area contributed by atoms with Crippen LogP contribution in [0.15, 0.2) is 0 Å². The second-order valence-corrected chi connectivity index (χ2v) is 11.8. The molecule has 10 heteroatoms. The van der Waals surface area contributed by atoms with Crippen molar-refractivity contribution in [3.05, 3.63) is 0 Å². The van der Waals surface area contributed by atoms with Crippen molar-refractivity contribution < 1.29 is 28.7 Å². The minimum Gasteiger partial charge on any atom is -0.444 e. The minimum absolute atomic E-state index is 0.276. The van der Waals surface area contributed by atoms with Crippen molar-refractivity contribution in [3.8, 4) is 0 Å². The third-order valence-corrected chi connectivity index (χ3v) is 6.83. The number of ether oxygens (including phenoxy) is 1. The number of carbonyl (C=O) groups excluding carboxylic acids is 5. The van der Waals surface area contributed by atoms with Crippen LogP contribution in [0.5, 0.6) is 0 Å². The average molecular weight is 553 g/mol. The Labute approximate surface area is 234 Å². The largest absolute Gasteiger partial charge is 0.444 e. The van der Waals surface area contributed by atoms with Crippen LogP contribution >= 0.6 is 0 Å². The maximum Gasteiger partial charge on any atom is 0.408 e. The average Bonchev–Trinajstić information content (AvgIpc) is 3.34. The number of alkyl carbamates (subject to hydrolysis) is 1. The van der Waals surface area contributed by atoms with E-state index in [2.05, 4.69) is 24.5 Å². The predicted octanol–water partition coefficient (Wildman–Crippen LogP) is 3.99. The monoisotopic (exact) mass is 552 g/mol. The van der Waals surface area contributed by atoms with Gasteiger partial charge in [0.2, 0.25) is 17.6 Å². The summed E-state index contributed by atoms with van der Waals surface area (Å²) in [6.45, 7) is 9.45. The first kappa shape index (κ1) is 34.4. The summed E-state index contributed by atoms with van der Waals surface area (Å²) in [5.74, 6) is -2.54. The van der Waals surface area contributed by atoms with Crippen LogP contribution in [0.3, 0.4) is 0 Å². The number of hydrogen-bond acceptors (Lipinski definition) is 6. The molecule has 0 spiro atoms. The molecule has 2 saturated carbocycles. The zero-order valence-corrected chi connectivity index (χ0v) is 24.8. The van der Waals surface area contributed by atoms with Gasteiger partial charge in [0.1, 0.15) is 18.2 Å². The van der Waals surface area contributed by atoms with Crippen molar-refractivity contribution in [2.75, 3.05) is 13.1 Å². The lowest BCUT2D eigenvalue weighted by Gasteiger charge is -2.30. The molecule has 3 aliphatic rings. The van der Waals surface area contributed by atoms with Crippen molar-refractivity contribution in [1.82, 2.24) is 15.5 Å². The van der Waals surface area contributed by atoms with E-state index in [4.69, 9.17) is 10.5 Å². The third kappa shape index (κ3) is 13.8. The Morgan fingerprint density at radius 1 is 0.897 bits per heavy atom. The molecule has 2 unspecified atom stereocenters. The molecule has 10 nitrogen and oxygen atoms in total. The molecule has 4 N–H and O–H groups in total. The fourth-order valence-electron chi connectivity index (χ4n) is 4.69. The summed E-state index contributed by atoms with van der Waals surface area (Å²) < 4.78 is 5.10. The van der Waals surface area contributed by atoms with Crippen molar-refractivity contribution in [3.63, 3.8) is 0 Å². The fourth-order valence-corrected chi connectivity index (χ4v) is 4.69. The van der Waals surface area contributed by atoms with Gasteiger partial charge in [0.05, 0.1) is 6.04 Å². The second-order valence-electron chi connectivity index (χ2n) is 11.8. The molecule has 3 fully saturated rings. The highest BCUT2D eigenvalue weighted by Gasteiger charge is 2.37. The van der Waals surface area contributed by atoms with Crippen LogP contribution in [0.4, 0.5) is 4.79 Å². The zero-order valence-electron chi connectivity index (χ0n) is 24.8. The van der Waals surface area contributed by atoms with Crippen molar-refractivity contribution in [2.24, 2.45) is 11.7 Å². The van der Waals surface area contributed by atoms with Crippen molar-refractivity contribution >= 4 is 29.6 Å². The number of nitrogens with one attached hydrogen (secondary N) is 2. The van der Waals surface area contributed by atoms with Crippen molar-refractivity contribution in [2.45, 2.75) is 136 Å². The number of hydrogen-bond donors (Lipinski definition) is 3. The standard InChI is InChI=1S/C20H32N4O6.C6H12.C3H8/c1-20(2,3)30-19(29)22-11-15(25)24-9-5-8-14(24)18(28)23-13(16(26)17(21)27)10-12-6-4-7-12;1-2-4-6-5-3-1;1-3-2/h12-14H,4-11H2,1-3H3,(H2,21,27)(H,22,29)(H,23,28);1-6H2;3H2,1-2H3. The summed E-state index contributed by atoms with van der Waals surface area (Å²) in [7, 11) is 0. The molecule has 224 valence electrons. The van der Waals surface area contributed by atoms with Crippen LogP contribution < -0.4 is 16.4 Å². The Kier molecular flexibility index (Phi) is 15.7. The number of rotatable bonds is 8. The number of amides is 4. The Morgan fingerprint density at radius 3 is 1.87 bits per heavy atom. The summed E-state index contributed by atoms with van der Waals surface area (Å²) in [5, 5.41) is 5.02. The Balaban J connectivity index is 0.000000718. The van der Waals surface area contributed by atoms with E-state index in [9.17, 15) is 24.0 Å². The van der Waals surface area contributed by atoms with Crippen LogP contribution in [0.2, 0.25) is 0 Å². The lowest BCUT2D eigenvalue weighted by atomic mass is 9.80. The van der Waals surface area contributed by atoms with Crippen LogP contribution in [-0.4, -0.2) is 65.3 Å². The molecule has 1 saturated heterocycles. The highest BCUT2D eigenvalue weighted by atomic mass is 16.6. The van der Waals surface area contributed by atoms with Gasteiger partial charge in [0, 0.05) is 6.54 Å². The molecule has 0 aromatic carbocycles. The first-order chi connectivity index (χ1) is 18.4. The van der Waals surface area contributed by atoms with Crippen LogP contribution in [0, 0.1) is 5.92 Å². The summed E-state index contributed by atoms with van der Waals surface area (Å²) in [6, 6.07) is -1.74. The van der Waals surface area contributed by atoms with E-state index in [1.807, 2.05) is 0 Å². The van der Waals surface area contributed by atoms with Gasteiger partial charge < -0.3 is 26.0 Å². The number of primary amides is 1. The van der Waals surface area contributed by atoms with Gasteiger partial charge in [-0.1, -0.05) is 78.1 Å². The van der Waals surface area contributed by atoms with Gasteiger partial charge in [-0.15, -0.1) is 0 Å². The van der Waals surface area contributed by atoms with Gasteiger partial charge in [-0.2, -0.15) is 0 Å². The van der Waals surface area contributed by atoms with Gasteiger partial charge in [0.15, 0.2) is 0 Å². The number of likely N-dealkylation sites (tertiary alicyclic amines) is 1. The Morgan fingerprint density at radius 2 is 1.44 bits per heavy atom. The molecule has 0 bridgehead atoms. The SMILES string of the molecule is C1CCCCC1.CC(C)(C)OC(=O)NCC(=O)N1CCCC1C(=O)NC(CC1CCC1)C(=O)C(N)=O.CCC. The number of Topliss-reactive ketones (excluding diaryl/α,β-unsaturated/α-hetero) is 1. The molecule has 3 rings (SSSR count). The fraction of sp³-hybridized carbons (Fsp3) is 0.828. The minimum atomic E-state index is -1.08. The van der Waals surface area contributed by atoms with Gasteiger partial charge in [-0.05, 0) is 46.0 Å². The van der Waals surface area contributed by atoms with E-state index < -0.39 is 47.3 Å². The number of carbonyl (C=O) groups is 5. The van der Waals surface area contributed by atoms with E-state index in [1.54, 1.807) is 20.8 Å². The summed E-state index contributed by atoms with van der Waals surface area (Å²) in [4.78, 5) is 61.9. The molecular weight excluding hydrogens is 500 g/mol. The first-order valence-electron chi connectivity index (χ1n) is 14.8. The molecule has 1 heterocycles. The summed E-state index contributed by atoms with van der Waals surface area (Å²) in [6.07, 6.45) is 13.9. The smallest absolute Gasteiger partial charge is 0.408 e. The lowest BCUT2D eigenvalue weighted by molar-refractivity contribution is -0.141. The van der Waals surface area contributed by atoms with E-state index in [-0.39, 0.29) is 12.5 Å². The molecule has 1 aliphatic heterocycles. The van der Waals surface area contributed by atoms with Crippen LogP contribution in [0.1, 0.15) is 118 Å². The summed E-state index contributed by atoms with van der Waals surface area (Å²) in [5.41, 5.74) is 4.44. The maximum absolute atomic E-state index is 12.8. The van der Waals surface area contributed by atoms with Gasteiger partial charge in [-0.3, -0.25) is 19.2 Å². The number of ketones is 1. The molecule has 4 amide bonds. The van der Waals surface area contributed by atoms with E-state index in [1.165, 1.54) is 49.8 Å². The normalized spacial score (nSPS) is 19.6. The highest BCUT2D eigenvalue weighted by Crippen LogP contribution is 2.31. The lowest BCUT2D eigenvalue weighted by Crippen LogP contribution is -2.54. The number of nitrogens with two attached hydrogens (primary N) is 1. The zero-order chi connectivity index (χ0) is 29.4. The molecule has 0 radical (unpaired) electrons. The Bertz CT molecular complexity index is 791. The van der Waals surface area contributed by atoms with Crippen LogP contribution in [0.25, 0.3) is 0 Å². The van der Waals surface area contributed by atoms with Crippen LogP contribution in [-0.2, 0) is 23.9 Å². The number of nitrogens with zero attached hydrogens (tertiary/aromatic N) is 1. The molecule has 2 atom stereocenters.